The van der Waals surface area contributed by atoms with Crippen molar-refractivity contribution in [1.29, 1.82) is 0 Å². The summed E-state index contributed by atoms with van der Waals surface area (Å²) in [5.41, 5.74) is 6.39. The second-order valence-electron chi connectivity index (χ2n) is 5.99. The van der Waals surface area contributed by atoms with Gasteiger partial charge in [-0.2, -0.15) is 0 Å². The molecule has 2 aliphatic heterocycles. The summed E-state index contributed by atoms with van der Waals surface area (Å²) >= 11 is 0. The first-order chi connectivity index (χ1) is 14.3. The van der Waals surface area contributed by atoms with Crippen LogP contribution in [0, 0.1) is 10.1 Å². The van der Waals surface area contributed by atoms with Gasteiger partial charge in [-0.1, -0.05) is 30.3 Å². The number of nitrogen functional groups attached to an aromatic ring is 1. The van der Waals surface area contributed by atoms with Crippen LogP contribution in [0.15, 0.2) is 48.5 Å². The average Bonchev–Trinajstić information content (AvgIpc) is 3.22. The molecular weight excluding hydrogens is 436 g/mol. The van der Waals surface area contributed by atoms with E-state index in [1.165, 1.54) is 24.3 Å². The second-order valence-corrected chi connectivity index (χ2v) is 5.99. The number of anilines is 1. The molecule has 2 atom stereocenters. The molecule has 12 nitrogen and oxygen atoms in total. The number of hydrogen-bond acceptors (Lipinski definition) is 9. The average molecular weight is 451 g/mol. The summed E-state index contributed by atoms with van der Waals surface area (Å²) in [6.45, 7) is 0. The highest BCUT2D eigenvalue weighted by atomic mass is 35.5. The molecule has 4 rings (SSSR count). The molecule has 4 N–H and O–H groups in total. The van der Waals surface area contributed by atoms with Crippen LogP contribution in [0.25, 0.3) is 0 Å². The lowest BCUT2D eigenvalue weighted by atomic mass is 10.1. The van der Waals surface area contributed by atoms with Crippen LogP contribution in [-0.2, 0) is 19.1 Å². The first-order valence-corrected chi connectivity index (χ1v) is 8.38. The van der Waals surface area contributed by atoms with E-state index in [1.54, 1.807) is 24.3 Å². The van der Waals surface area contributed by atoms with Gasteiger partial charge >= 0.3 is 12.2 Å². The molecule has 162 valence electrons. The minimum absolute atomic E-state index is 0. The number of carbonyl (C=O) groups excluding carboxylic acids is 4. The minimum atomic E-state index is -1.24. The molecule has 0 aliphatic carbocycles. The summed E-state index contributed by atoms with van der Waals surface area (Å²) in [5.74, 6) is -1.17. The number of carbonyl (C=O) groups is 4. The zero-order valence-electron chi connectivity index (χ0n) is 15.5. The highest BCUT2D eigenvalue weighted by Gasteiger charge is 2.37. The number of amides is 4. The van der Waals surface area contributed by atoms with Crippen molar-refractivity contribution >= 4 is 47.8 Å². The minimum Gasteiger partial charge on any atom is -0.431 e. The SMILES string of the molecule is Cl.Nc1ccccc1C1OC(=O)NC1=O.O=C1NC(=O)C(c2ccccc2[N+](=O)[O-])O1. The Kier molecular flexibility index (Phi) is 7.11. The number of halogens is 1. The van der Waals surface area contributed by atoms with Gasteiger partial charge in [0.05, 0.1) is 10.5 Å². The fraction of sp³-hybridized carbons (Fsp3) is 0.111. The van der Waals surface area contributed by atoms with Gasteiger partial charge in [-0.15, -0.1) is 12.4 Å². The van der Waals surface area contributed by atoms with Crippen molar-refractivity contribution in [2.45, 2.75) is 12.2 Å². The highest BCUT2D eigenvalue weighted by Crippen LogP contribution is 2.30. The molecule has 2 heterocycles. The molecule has 0 bridgehead atoms. The van der Waals surface area contributed by atoms with E-state index in [0.717, 1.165) is 0 Å². The van der Waals surface area contributed by atoms with Crippen molar-refractivity contribution in [3.8, 4) is 0 Å². The van der Waals surface area contributed by atoms with Crippen molar-refractivity contribution < 1.29 is 33.6 Å². The topological polar surface area (TPSA) is 180 Å². The van der Waals surface area contributed by atoms with Gasteiger partial charge in [0, 0.05) is 17.3 Å². The third-order valence-electron chi connectivity index (χ3n) is 4.07. The van der Waals surface area contributed by atoms with Crippen LogP contribution in [0.5, 0.6) is 0 Å². The van der Waals surface area contributed by atoms with Gasteiger partial charge in [0.15, 0.2) is 0 Å². The zero-order valence-corrected chi connectivity index (χ0v) is 16.3. The van der Waals surface area contributed by atoms with Crippen molar-refractivity contribution in [3.63, 3.8) is 0 Å². The van der Waals surface area contributed by atoms with Gasteiger partial charge < -0.3 is 15.2 Å². The number of cyclic esters (lactones) is 2. The lowest BCUT2D eigenvalue weighted by Crippen LogP contribution is -2.20. The first-order valence-electron chi connectivity index (χ1n) is 8.38. The quantitative estimate of drug-likeness (QED) is 0.357. The Labute approximate surface area is 180 Å². The van der Waals surface area contributed by atoms with Gasteiger partial charge in [0.2, 0.25) is 12.2 Å². The molecule has 0 saturated carbocycles. The molecule has 2 aromatic carbocycles. The maximum absolute atomic E-state index is 11.3. The van der Waals surface area contributed by atoms with Crippen molar-refractivity contribution in [2.75, 3.05) is 5.73 Å². The third-order valence-corrected chi connectivity index (χ3v) is 4.07. The number of nitrogens with zero attached hydrogens (tertiary/aromatic N) is 1. The van der Waals surface area contributed by atoms with Crippen LogP contribution in [0.2, 0.25) is 0 Å². The summed E-state index contributed by atoms with van der Waals surface area (Å²) in [6.07, 6.45) is -3.78. The van der Waals surface area contributed by atoms with E-state index in [0.29, 0.717) is 11.3 Å². The predicted molar refractivity (Wildman–Crippen MR) is 106 cm³/mol. The summed E-state index contributed by atoms with van der Waals surface area (Å²) in [6, 6.07) is 12.4. The molecule has 2 saturated heterocycles. The summed E-state index contributed by atoms with van der Waals surface area (Å²) in [4.78, 5) is 54.1. The fourth-order valence-electron chi connectivity index (χ4n) is 2.75. The van der Waals surface area contributed by atoms with E-state index >= 15 is 0 Å². The summed E-state index contributed by atoms with van der Waals surface area (Å²) in [5, 5.41) is 14.6. The van der Waals surface area contributed by atoms with E-state index in [-0.39, 0.29) is 23.7 Å². The monoisotopic (exact) mass is 450 g/mol. The third kappa shape index (κ3) is 5.05. The van der Waals surface area contributed by atoms with Gasteiger partial charge in [0.1, 0.15) is 0 Å². The van der Waals surface area contributed by atoms with Crippen molar-refractivity contribution in [1.82, 2.24) is 10.6 Å². The number of para-hydroxylation sites is 2. The molecule has 2 aliphatic rings. The molecule has 31 heavy (non-hydrogen) atoms. The molecule has 0 radical (unpaired) electrons. The maximum Gasteiger partial charge on any atom is 0.415 e. The normalized spacial score (nSPS) is 19.1. The Bertz CT molecular complexity index is 1060. The molecular formula is C18H15ClN4O8. The first kappa shape index (κ1) is 23.1. The Morgan fingerprint density at radius 1 is 0.806 bits per heavy atom. The lowest BCUT2D eigenvalue weighted by Gasteiger charge is -2.08. The van der Waals surface area contributed by atoms with Crippen LogP contribution in [0.3, 0.4) is 0 Å². The molecule has 0 spiro atoms. The van der Waals surface area contributed by atoms with Crippen LogP contribution in [0.1, 0.15) is 23.3 Å². The Morgan fingerprint density at radius 3 is 1.71 bits per heavy atom. The maximum atomic E-state index is 11.3. The van der Waals surface area contributed by atoms with Crippen LogP contribution in [0.4, 0.5) is 21.0 Å². The Balaban J connectivity index is 0.000000215. The number of nitro benzene ring substituents is 1. The highest BCUT2D eigenvalue weighted by molar-refractivity contribution is 6.01. The number of benzene rings is 2. The van der Waals surface area contributed by atoms with E-state index in [9.17, 15) is 29.3 Å². The largest absolute Gasteiger partial charge is 0.431 e. The number of nitrogens with one attached hydrogen (secondary N) is 2. The van der Waals surface area contributed by atoms with Gasteiger partial charge in [-0.05, 0) is 12.1 Å². The summed E-state index contributed by atoms with van der Waals surface area (Å²) in [7, 11) is 0. The summed E-state index contributed by atoms with van der Waals surface area (Å²) < 4.78 is 9.41. The van der Waals surface area contributed by atoms with E-state index in [4.69, 9.17) is 10.5 Å². The van der Waals surface area contributed by atoms with Gasteiger partial charge in [-0.3, -0.25) is 30.3 Å². The van der Waals surface area contributed by atoms with Crippen molar-refractivity contribution in [3.05, 3.63) is 69.8 Å². The number of nitrogens with two attached hydrogens (primary N) is 1. The molecule has 2 fully saturated rings. The number of alkyl carbamates (subject to hydrolysis) is 2. The lowest BCUT2D eigenvalue weighted by molar-refractivity contribution is -0.386. The van der Waals surface area contributed by atoms with E-state index in [2.05, 4.69) is 4.74 Å². The zero-order chi connectivity index (χ0) is 21.8. The molecule has 4 amide bonds. The number of nitro groups is 1. The van der Waals surface area contributed by atoms with Crippen LogP contribution < -0.4 is 16.4 Å². The fourth-order valence-corrected chi connectivity index (χ4v) is 2.75. The number of ether oxygens (including phenoxy) is 2. The molecule has 2 aromatic rings. The molecule has 13 heteroatoms. The van der Waals surface area contributed by atoms with Gasteiger partial charge in [-0.25, -0.2) is 9.59 Å². The molecule has 0 aromatic heterocycles. The number of rotatable bonds is 3. The number of imide groups is 2. The Morgan fingerprint density at radius 2 is 1.26 bits per heavy atom. The van der Waals surface area contributed by atoms with Gasteiger partial charge in [0.25, 0.3) is 17.5 Å². The molecule has 2 unspecified atom stereocenters. The van der Waals surface area contributed by atoms with Crippen LogP contribution in [-0.4, -0.2) is 28.9 Å². The van der Waals surface area contributed by atoms with Crippen molar-refractivity contribution in [2.24, 2.45) is 0 Å². The van der Waals surface area contributed by atoms with Crippen LogP contribution >= 0.6 is 12.4 Å². The standard InChI is InChI=1S/C9H6N2O5.C9H8N2O3.ClH/c12-8-7(16-9(13)10-8)5-3-1-2-4-6(5)11(14)15;10-6-4-2-1-3-5(6)7-8(12)11-9(13)14-7;/h1-4,7H,(H,10,12,13);1-4,7H,10H2,(H,11,12,13);1H. The second kappa shape index (κ2) is 9.54. The van der Waals surface area contributed by atoms with E-state index in [1.807, 2.05) is 10.6 Å². The smallest absolute Gasteiger partial charge is 0.415 e. The number of hydrogen-bond donors (Lipinski definition) is 3. The van der Waals surface area contributed by atoms with E-state index < -0.39 is 41.1 Å². The Hall–Kier alpha value is -4.19. The predicted octanol–water partition coefficient (Wildman–Crippen LogP) is 1.90.